The quantitative estimate of drug-likeness (QED) is 0.670. The van der Waals surface area contributed by atoms with Crippen molar-refractivity contribution in [3.05, 3.63) is 18.0 Å². The van der Waals surface area contributed by atoms with Crippen molar-refractivity contribution in [2.45, 2.75) is 11.7 Å². The molecule has 1 N–H and O–H groups in total. The van der Waals surface area contributed by atoms with Gasteiger partial charge in [-0.25, -0.2) is 9.97 Å². The SMILES string of the molecule is CNCc1ccnc([S@](C)=O)n1. The molecule has 0 fully saturated rings. The molecule has 0 aliphatic heterocycles. The molecule has 0 bridgehead atoms. The van der Waals surface area contributed by atoms with E-state index in [9.17, 15) is 4.21 Å². The predicted octanol–water partition coefficient (Wildman–Crippen LogP) is -0.0666. The van der Waals surface area contributed by atoms with E-state index < -0.39 is 10.8 Å². The first-order valence-corrected chi connectivity index (χ1v) is 5.10. The Kier molecular flexibility index (Phi) is 3.31. The molecule has 1 aromatic heterocycles. The molecule has 1 heterocycles. The molecule has 4 nitrogen and oxygen atoms in total. The summed E-state index contributed by atoms with van der Waals surface area (Å²) in [5.41, 5.74) is 0.859. The van der Waals surface area contributed by atoms with Crippen LogP contribution in [0.4, 0.5) is 0 Å². The molecule has 0 radical (unpaired) electrons. The average Bonchev–Trinajstić information content (AvgIpc) is 2.05. The minimum Gasteiger partial charge on any atom is -0.314 e. The summed E-state index contributed by atoms with van der Waals surface area (Å²) in [6.07, 6.45) is 3.19. The van der Waals surface area contributed by atoms with Gasteiger partial charge in [0.2, 0.25) is 5.16 Å². The maximum Gasteiger partial charge on any atom is 0.218 e. The van der Waals surface area contributed by atoms with Crippen LogP contribution >= 0.6 is 0 Å². The molecule has 0 saturated carbocycles. The number of aromatic nitrogens is 2. The fourth-order valence-corrected chi connectivity index (χ4v) is 1.25. The molecule has 1 atom stereocenters. The maximum atomic E-state index is 11.0. The summed E-state index contributed by atoms with van der Waals surface area (Å²) in [5, 5.41) is 3.35. The lowest BCUT2D eigenvalue weighted by Crippen LogP contribution is -2.09. The van der Waals surface area contributed by atoms with Crippen molar-refractivity contribution < 1.29 is 4.21 Å². The van der Waals surface area contributed by atoms with Crippen molar-refractivity contribution in [1.82, 2.24) is 15.3 Å². The van der Waals surface area contributed by atoms with Gasteiger partial charge in [0.25, 0.3) is 0 Å². The summed E-state index contributed by atoms with van der Waals surface area (Å²) in [6, 6.07) is 1.80. The molecule has 1 rings (SSSR count). The molecule has 66 valence electrons. The summed E-state index contributed by atoms with van der Waals surface area (Å²) in [7, 11) is 0.745. The van der Waals surface area contributed by atoms with Gasteiger partial charge >= 0.3 is 0 Å². The average molecular weight is 185 g/mol. The summed E-state index contributed by atoms with van der Waals surface area (Å²) in [4.78, 5) is 7.97. The van der Waals surface area contributed by atoms with Crippen LogP contribution in [-0.2, 0) is 17.3 Å². The molecule has 1 aromatic rings. The van der Waals surface area contributed by atoms with Crippen LogP contribution in [0.2, 0.25) is 0 Å². The Hall–Kier alpha value is -0.810. The molecule has 0 spiro atoms. The molecular formula is C7H11N3OS. The topological polar surface area (TPSA) is 54.9 Å². The van der Waals surface area contributed by atoms with Crippen LogP contribution in [0.5, 0.6) is 0 Å². The standard InChI is InChI=1S/C7H11N3OS/c1-8-5-6-3-4-9-7(10-6)12(2)11/h3-4,8H,5H2,1-2H3/t12-/m0/s1. The molecule has 0 aliphatic rings. The van der Waals surface area contributed by atoms with Crippen LogP contribution in [0.3, 0.4) is 0 Å². The number of rotatable bonds is 3. The molecule has 5 heteroatoms. The second kappa shape index (κ2) is 4.27. The number of hydrogen-bond acceptors (Lipinski definition) is 4. The Morgan fingerprint density at radius 3 is 3.00 bits per heavy atom. The normalized spacial score (nSPS) is 12.8. The van der Waals surface area contributed by atoms with E-state index in [4.69, 9.17) is 0 Å². The lowest BCUT2D eigenvalue weighted by Gasteiger charge is -1.99. The zero-order valence-electron chi connectivity index (χ0n) is 7.07. The van der Waals surface area contributed by atoms with E-state index >= 15 is 0 Å². The van der Waals surface area contributed by atoms with E-state index in [0.717, 1.165) is 5.69 Å². The summed E-state index contributed by atoms with van der Waals surface area (Å²) in [6.45, 7) is 0.673. The van der Waals surface area contributed by atoms with E-state index in [1.54, 1.807) is 18.5 Å². The van der Waals surface area contributed by atoms with Crippen LogP contribution in [0.15, 0.2) is 17.4 Å². The fourth-order valence-electron chi connectivity index (χ4n) is 0.794. The molecule has 0 saturated heterocycles. The summed E-state index contributed by atoms with van der Waals surface area (Å²) in [5.74, 6) is 0. The van der Waals surface area contributed by atoms with Crippen LogP contribution in [-0.4, -0.2) is 27.5 Å². The smallest absolute Gasteiger partial charge is 0.218 e. The zero-order chi connectivity index (χ0) is 8.97. The van der Waals surface area contributed by atoms with E-state index in [1.807, 2.05) is 7.05 Å². The van der Waals surface area contributed by atoms with Crippen molar-refractivity contribution >= 4 is 10.8 Å². The monoisotopic (exact) mass is 185 g/mol. The molecule has 0 aromatic carbocycles. The van der Waals surface area contributed by atoms with E-state index in [0.29, 0.717) is 11.7 Å². The van der Waals surface area contributed by atoms with Crippen molar-refractivity contribution in [1.29, 1.82) is 0 Å². The van der Waals surface area contributed by atoms with Crippen molar-refractivity contribution in [2.24, 2.45) is 0 Å². The molecule has 12 heavy (non-hydrogen) atoms. The first-order chi connectivity index (χ1) is 5.74. The van der Waals surface area contributed by atoms with Gasteiger partial charge in [0, 0.05) is 19.0 Å². The second-order valence-electron chi connectivity index (χ2n) is 2.32. The highest BCUT2D eigenvalue weighted by atomic mass is 32.2. The molecule has 0 unspecified atom stereocenters. The molecular weight excluding hydrogens is 174 g/mol. The first-order valence-electron chi connectivity index (χ1n) is 3.54. The van der Waals surface area contributed by atoms with Crippen LogP contribution < -0.4 is 5.32 Å². The molecule has 0 aliphatic carbocycles. The highest BCUT2D eigenvalue weighted by molar-refractivity contribution is 7.84. The number of nitrogens with zero attached hydrogens (tertiary/aromatic N) is 2. The third-order valence-electron chi connectivity index (χ3n) is 1.31. The van der Waals surface area contributed by atoms with Gasteiger partial charge in [-0.3, -0.25) is 4.21 Å². The first kappa shape index (κ1) is 9.28. The van der Waals surface area contributed by atoms with Crippen molar-refractivity contribution in [3.8, 4) is 0 Å². The summed E-state index contributed by atoms with van der Waals surface area (Å²) >= 11 is 0. The van der Waals surface area contributed by atoms with E-state index in [2.05, 4.69) is 15.3 Å². The van der Waals surface area contributed by atoms with Gasteiger partial charge in [0.05, 0.1) is 16.5 Å². The van der Waals surface area contributed by atoms with Crippen LogP contribution in [0.1, 0.15) is 5.69 Å². The van der Waals surface area contributed by atoms with Crippen molar-refractivity contribution in [2.75, 3.05) is 13.3 Å². The van der Waals surface area contributed by atoms with Gasteiger partial charge in [-0.1, -0.05) is 0 Å². The predicted molar refractivity (Wildman–Crippen MR) is 47.1 cm³/mol. The van der Waals surface area contributed by atoms with Crippen molar-refractivity contribution in [3.63, 3.8) is 0 Å². The zero-order valence-corrected chi connectivity index (χ0v) is 7.89. The Balaban J connectivity index is 2.88. The lowest BCUT2D eigenvalue weighted by molar-refractivity contribution is 0.676. The van der Waals surface area contributed by atoms with Gasteiger partial charge in [-0.05, 0) is 13.1 Å². The van der Waals surface area contributed by atoms with Gasteiger partial charge in [-0.2, -0.15) is 0 Å². The Morgan fingerprint density at radius 1 is 1.67 bits per heavy atom. The Bertz CT molecular complexity index is 290. The largest absolute Gasteiger partial charge is 0.314 e. The number of hydrogen-bond donors (Lipinski definition) is 1. The minimum absolute atomic E-state index is 0.391. The van der Waals surface area contributed by atoms with Gasteiger partial charge in [0.15, 0.2) is 0 Å². The number of nitrogens with one attached hydrogen (secondary N) is 1. The molecule has 0 amide bonds. The second-order valence-corrected chi connectivity index (χ2v) is 3.59. The fraction of sp³-hybridized carbons (Fsp3) is 0.429. The maximum absolute atomic E-state index is 11.0. The third kappa shape index (κ3) is 2.35. The van der Waals surface area contributed by atoms with Crippen LogP contribution in [0.25, 0.3) is 0 Å². The van der Waals surface area contributed by atoms with Gasteiger partial charge < -0.3 is 5.32 Å². The third-order valence-corrected chi connectivity index (χ3v) is 2.02. The summed E-state index contributed by atoms with van der Waals surface area (Å²) < 4.78 is 11.0. The lowest BCUT2D eigenvalue weighted by atomic mass is 10.4. The highest BCUT2D eigenvalue weighted by Gasteiger charge is 2.01. The minimum atomic E-state index is -1.09. The van der Waals surface area contributed by atoms with E-state index in [-0.39, 0.29) is 0 Å². The Morgan fingerprint density at radius 2 is 2.42 bits per heavy atom. The Labute approximate surface area is 73.9 Å². The highest BCUT2D eigenvalue weighted by Crippen LogP contribution is 1.98. The van der Waals surface area contributed by atoms with Gasteiger partial charge in [-0.15, -0.1) is 0 Å². The van der Waals surface area contributed by atoms with E-state index in [1.165, 1.54) is 0 Å². The van der Waals surface area contributed by atoms with Crippen LogP contribution in [0, 0.1) is 0 Å². The van der Waals surface area contributed by atoms with Gasteiger partial charge in [0.1, 0.15) is 0 Å².